The molecular weight excluding hydrogens is 264 g/mol. The number of carbonyl (C=O) groups is 1. The van der Waals surface area contributed by atoms with Crippen LogP contribution in [0.2, 0.25) is 0 Å². The summed E-state index contributed by atoms with van der Waals surface area (Å²) < 4.78 is 5.65. The number of rotatable bonds is 2. The summed E-state index contributed by atoms with van der Waals surface area (Å²) in [5, 5.41) is 0. The lowest BCUT2D eigenvalue weighted by Crippen LogP contribution is -2.53. The van der Waals surface area contributed by atoms with Crippen molar-refractivity contribution in [2.24, 2.45) is 11.7 Å². The van der Waals surface area contributed by atoms with Gasteiger partial charge in [0.15, 0.2) is 0 Å². The zero-order valence-electron chi connectivity index (χ0n) is 12.0. The molecule has 0 spiro atoms. The molecule has 2 N–H and O–H groups in total. The van der Waals surface area contributed by atoms with Crippen molar-refractivity contribution in [3.05, 3.63) is 0 Å². The van der Waals surface area contributed by atoms with E-state index >= 15 is 0 Å². The maximum atomic E-state index is 12.6. The fraction of sp³-hybridized carbons (Fsp3) is 0.929. The molecule has 19 heavy (non-hydrogen) atoms. The van der Waals surface area contributed by atoms with E-state index in [1.807, 2.05) is 6.92 Å². The largest absolute Gasteiger partial charge is 0.375 e. The van der Waals surface area contributed by atoms with E-state index in [0.29, 0.717) is 12.5 Å². The quantitative estimate of drug-likeness (QED) is 0.846. The van der Waals surface area contributed by atoms with Crippen molar-refractivity contribution < 1.29 is 9.53 Å². The molecule has 112 valence electrons. The highest BCUT2D eigenvalue weighted by Gasteiger charge is 2.35. The number of nitrogens with two attached hydrogens (primary N) is 1. The minimum Gasteiger partial charge on any atom is -0.375 e. The third kappa shape index (κ3) is 4.07. The molecule has 0 aromatic heterocycles. The van der Waals surface area contributed by atoms with Crippen LogP contribution in [0.5, 0.6) is 0 Å². The molecule has 2 rings (SSSR count). The number of ether oxygens (including phenoxy) is 1. The highest BCUT2D eigenvalue weighted by atomic mass is 35.5. The van der Waals surface area contributed by atoms with Crippen LogP contribution in [-0.2, 0) is 9.53 Å². The van der Waals surface area contributed by atoms with Gasteiger partial charge in [0.2, 0.25) is 5.91 Å². The Morgan fingerprint density at radius 2 is 2.16 bits per heavy atom. The summed E-state index contributed by atoms with van der Waals surface area (Å²) in [6, 6.07) is 0.470. The Bertz CT molecular complexity index is 301. The fourth-order valence-electron chi connectivity index (χ4n) is 3.14. The van der Waals surface area contributed by atoms with Crippen LogP contribution in [0.4, 0.5) is 0 Å². The van der Waals surface area contributed by atoms with Gasteiger partial charge in [-0.1, -0.05) is 13.3 Å². The molecule has 0 bridgehead atoms. The Kier molecular flexibility index (Phi) is 6.57. The minimum atomic E-state index is 0. The average molecular weight is 291 g/mol. The lowest BCUT2D eigenvalue weighted by molar-refractivity contribution is -0.149. The standard InChI is InChI=1S/C14H26N2O2.ClH/c1-3-13-9-18-10(2)8-16(13)14(17)11-5-4-6-12(15)7-11;/h10-13H,3-9,15H2,1-2H3;1H. The molecule has 5 heteroatoms. The zero-order chi connectivity index (χ0) is 13.1. The third-order valence-electron chi connectivity index (χ3n) is 4.29. The molecule has 0 radical (unpaired) electrons. The van der Waals surface area contributed by atoms with Crippen LogP contribution < -0.4 is 5.73 Å². The SMILES string of the molecule is CCC1COC(C)CN1C(=O)C1CCCC(N)C1.Cl. The molecule has 4 nitrogen and oxygen atoms in total. The average Bonchev–Trinajstić information content (AvgIpc) is 2.38. The van der Waals surface area contributed by atoms with Crippen LogP contribution in [-0.4, -0.2) is 42.1 Å². The number of nitrogens with zero attached hydrogens (tertiary/aromatic N) is 1. The van der Waals surface area contributed by atoms with E-state index in [4.69, 9.17) is 10.5 Å². The first-order valence-electron chi connectivity index (χ1n) is 7.29. The molecule has 4 unspecified atom stereocenters. The summed E-state index contributed by atoms with van der Waals surface area (Å²) in [6.07, 6.45) is 5.16. The number of carbonyl (C=O) groups excluding carboxylic acids is 1. The first kappa shape index (κ1) is 16.7. The highest BCUT2D eigenvalue weighted by Crippen LogP contribution is 2.27. The Morgan fingerprint density at radius 1 is 1.42 bits per heavy atom. The van der Waals surface area contributed by atoms with Crippen molar-refractivity contribution in [2.45, 2.75) is 64.1 Å². The predicted molar refractivity (Wildman–Crippen MR) is 78.4 cm³/mol. The van der Waals surface area contributed by atoms with Crippen LogP contribution in [0.25, 0.3) is 0 Å². The van der Waals surface area contributed by atoms with Crippen molar-refractivity contribution in [3.63, 3.8) is 0 Å². The third-order valence-corrected chi connectivity index (χ3v) is 4.29. The van der Waals surface area contributed by atoms with Crippen LogP contribution in [0, 0.1) is 5.92 Å². The van der Waals surface area contributed by atoms with Crippen molar-refractivity contribution in [3.8, 4) is 0 Å². The summed E-state index contributed by atoms with van der Waals surface area (Å²) >= 11 is 0. The van der Waals surface area contributed by atoms with Gasteiger partial charge in [0, 0.05) is 18.5 Å². The maximum absolute atomic E-state index is 12.6. The van der Waals surface area contributed by atoms with Crippen LogP contribution in [0.1, 0.15) is 46.0 Å². The van der Waals surface area contributed by atoms with E-state index in [0.717, 1.165) is 38.6 Å². The van der Waals surface area contributed by atoms with Gasteiger partial charge in [-0.2, -0.15) is 0 Å². The van der Waals surface area contributed by atoms with Gasteiger partial charge < -0.3 is 15.4 Å². The molecular formula is C14H27ClN2O2. The number of morpholine rings is 1. The normalized spacial score (nSPS) is 35.6. The number of hydrogen-bond acceptors (Lipinski definition) is 3. The van der Waals surface area contributed by atoms with Crippen molar-refractivity contribution >= 4 is 18.3 Å². The monoisotopic (exact) mass is 290 g/mol. The van der Waals surface area contributed by atoms with E-state index in [1.54, 1.807) is 0 Å². The molecule has 1 amide bonds. The summed E-state index contributed by atoms with van der Waals surface area (Å²) in [5.41, 5.74) is 5.99. The molecule has 1 aliphatic carbocycles. The van der Waals surface area contributed by atoms with Crippen molar-refractivity contribution in [2.75, 3.05) is 13.2 Å². The van der Waals surface area contributed by atoms with E-state index in [2.05, 4.69) is 11.8 Å². The van der Waals surface area contributed by atoms with E-state index in [9.17, 15) is 4.79 Å². The van der Waals surface area contributed by atoms with Gasteiger partial charge in [0.1, 0.15) is 0 Å². The zero-order valence-corrected chi connectivity index (χ0v) is 12.8. The minimum absolute atomic E-state index is 0. The molecule has 2 aliphatic rings. The molecule has 1 heterocycles. The number of halogens is 1. The molecule has 4 atom stereocenters. The van der Waals surface area contributed by atoms with Crippen molar-refractivity contribution in [1.29, 1.82) is 0 Å². The van der Waals surface area contributed by atoms with Crippen LogP contribution in [0.3, 0.4) is 0 Å². The van der Waals surface area contributed by atoms with Gasteiger partial charge in [0.25, 0.3) is 0 Å². The Balaban J connectivity index is 0.00000180. The summed E-state index contributed by atoms with van der Waals surface area (Å²) in [5.74, 6) is 0.459. The topological polar surface area (TPSA) is 55.6 Å². The summed E-state index contributed by atoms with van der Waals surface area (Å²) in [6.45, 7) is 5.58. The summed E-state index contributed by atoms with van der Waals surface area (Å²) in [4.78, 5) is 14.7. The molecule has 1 saturated carbocycles. The lowest BCUT2D eigenvalue weighted by Gasteiger charge is -2.41. The Labute approximate surface area is 122 Å². The predicted octanol–water partition coefficient (Wildman–Crippen LogP) is 1.95. The molecule has 1 saturated heterocycles. The van der Waals surface area contributed by atoms with Crippen LogP contribution >= 0.6 is 12.4 Å². The molecule has 0 aromatic rings. The Hall–Kier alpha value is -0.320. The second-order valence-electron chi connectivity index (χ2n) is 5.82. The Morgan fingerprint density at radius 3 is 2.79 bits per heavy atom. The van der Waals surface area contributed by atoms with Gasteiger partial charge in [-0.25, -0.2) is 0 Å². The van der Waals surface area contributed by atoms with Gasteiger partial charge in [0.05, 0.1) is 18.8 Å². The van der Waals surface area contributed by atoms with Crippen LogP contribution in [0.15, 0.2) is 0 Å². The second-order valence-corrected chi connectivity index (χ2v) is 5.82. The maximum Gasteiger partial charge on any atom is 0.226 e. The van der Waals surface area contributed by atoms with E-state index in [1.165, 1.54) is 0 Å². The molecule has 0 aromatic carbocycles. The van der Waals surface area contributed by atoms with E-state index in [-0.39, 0.29) is 36.5 Å². The fourth-order valence-corrected chi connectivity index (χ4v) is 3.14. The van der Waals surface area contributed by atoms with Gasteiger partial charge in [-0.05, 0) is 32.6 Å². The van der Waals surface area contributed by atoms with Gasteiger partial charge in [-0.3, -0.25) is 4.79 Å². The van der Waals surface area contributed by atoms with Gasteiger partial charge in [-0.15, -0.1) is 12.4 Å². The first-order chi connectivity index (χ1) is 8.61. The van der Waals surface area contributed by atoms with Gasteiger partial charge >= 0.3 is 0 Å². The number of amides is 1. The lowest BCUT2D eigenvalue weighted by atomic mass is 9.85. The summed E-state index contributed by atoms with van der Waals surface area (Å²) in [7, 11) is 0. The molecule has 1 aliphatic heterocycles. The number of hydrogen-bond donors (Lipinski definition) is 1. The van der Waals surface area contributed by atoms with E-state index < -0.39 is 0 Å². The second kappa shape index (κ2) is 7.46. The molecule has 2 fully saturated rings. The smallest absolute Gasteiger partial charge is 0.226 e. The highest BCUT2D eigenvalue weighted by molar-refractivity contribution is 5.85. The van der Waals surface area contributed by atoms with Crippen molar-refractivity contribution in [1.82, 2.24) is 4.90 Å². The first-order valence-corrected chi connectivity index (χ1v) is 7.29.